The van der Waals surface area contributed by atoms with E-state index < -0.39 is 6.04 Å². The average Bonchev–Trinajstić information content (AvgIpc) is 3.13. The van der Waals surface area contributed by atoms with Gasteiger partial charge in [-0.15, -0.1) is 0 Å². The first-order valence-electron chi connectivity index (χ1n) is 11.6. The summed E-state index contributed by atoms with van der Waals surface area (Å²) in [4.78, 5) is 46.2. The van der Waals surface area contributed by atoms with Crippen LogP contribution in [0.3, 0.4) is 0 Å². The maximum atomic E-state index is 13.2. The number of nitrogens with one attached hydrogen (secondary N) is 3. The van der Waals surface area contributed by atoms with E-state index in [4.69, 9.17) is 4.79 Å². The molecule has 7 nitrogen and oxygen atoms in total. The van der Waals surface area contributed by atoms with Crippen molar-refractivity contribution in [3.63, 3.8) is 0 Å². The number of carbonyl (C=O) groups excluding carboxylic acids is 4. The minimum absolute atomic E-state index is 0.0453. The predicted octanol–water partition coefficient (Wildman–Crippen LogP) is 2.24. The fourth-order valence-electron chi connectivity index (χ4n) is 4.71. The van der Waals surface area contributed by atoms with E-state index in [0.717, 1.165) is 24.8 Å². The molecule has 7 heteroatoms. The van der Waals surface area contributed by atoms with Crippen LogP contribution >= 0.6 is 0 Å². The lowest BCUT2D eigenvalue weighted by molar-refractivity contribution is -0.131. The molecule has 3 amide bonds. The molecule has 2 heterocycles. The topological polar surface area (TPSA) is 104 Å². The van der Waals surface area contributed by atoms with Crippen LogP contribution in [0.2, 0.25) is 0 Å². The molecule has 0 spiro atoms. The third-order valence-electron chi connectivity index (χ3n) is 6.36. The highest BCUT2D eigenvalue weighted by molar-refractivity contribution is 5.88. The van der Waals surface area contributed by atoms with Gasteiger partial charge in [-0.05, 0) is 49.5 Å². The SMILES string of the molecule is C=O.CC(C)CC1NC(=O)C(Cc2ccccc2)CCCC2CNC(=O)C2CCNC1=O. The standard InChI is InChI=1S/C24H35N3O3.CH2O/c1-16(2)13-21-24(30)25-12-11-20-19(15-26-23(20)29)10-6-9-18(22(28)27-21)14-17-7-4-3-5-8-17;1-2/h3-5,7-8,16,18-21H,6,9-15H2,1-2H3,(H,25,30)(H,26,29)(H,27,28);1H2. The van der Waals surface area contributed by atoms with Gasteiger partial charge in [0, 0.05) is 24.9 Å². The minimum Gasteiger partial charge on any atom is -0.356 e. The third-order valence-corrected chi connectivity index (χ3v) is 6.36. The van der Waals surface area contributed by atoms with Gasteiger partial charge in [-0.3, -0.25) is 14.4 Å². The molecular weight excluding hydrogens is 406 g/mol. The van der Waals surface area contributed by atoms with E-state index in [-0.39, 0.29) is 41.4 Å². The van der Waals surface area contributed by atoms with Crippen molar-refractivity contribution in [2.45, 2.75) is 58.4 Å². The summed E-state index contributed by atoms with van der Waals surface area (Å²) >= 11 is 0. The molecule has 2 aliphatic heterocycles. The molecule has 0 radical (unpaired) electrons. The maximum absolute atomic E-state index is 13.2. The second-order valence-electron chi connectivity index (χ2n) is 9.20. The van der Waals surface area contributed by atoms with Crippen molar-refractivity contribution in [2.75, 3.05) is 13.1 Å². The monoisotopic (exact) mass is 443 g/mol. The highest BCUT2D eigenvalue weighted by Crippen LogP contribution is 2.28. The summed E-state index contributed by atoms with van der Waals surface area (Å²) in [6, 6.07) is 9.50. The number of rotatable bonds is 4. The molecule has 2 fully saturated rings. The van der Waals surface area contributed by atoms with Crippen molar-refractivity contribution in [1.29, 1.82) is 0 Å². The lowest BCUT2D eigenvalue weighted by Crippen LogP contribution is -2.49. The van der Waals surface area contributed by atoms with Crippen molar-refractivity contribution in [3.8, 4) is 0 Å². The number of carbonyl (C=O) groups is 4. The molecule has 176 valence electrons. The molecule has 0 saturated carbocycles. The Hall–Kier alpha value is -2.70. The summed E-state index contributed by atoms with van der Waals surface area (Å²) in [6.07, 6.45) is 4.49. The van der Waals surface area contributed by atoms with E-state index in [2.05, 4.69) is 29.8 Å². The second kappa shape index (κ2) is 13.0. The van der Waals surface area contributed by atoms with Crippen LogP contribution in [0.4, 0.5) is 0 Å². The molecule has 2 saturated heterocycles. The van der Waals surface area contributed by atoms with Crippen LogP contribution in [-0.4, -0.2) is 43.6 Å². The Morgan fingerprint density at radius 3 is 2.34 bits per heavy atom. The Bertz CT molecular complexity index is 753. The molecule has 4 atom stereocenters. The van der Waals surface area contributed by atoms with E-state index >= 15 is 0 Å². The molecule has 0 aliphatic carbocycles. The zero-order valence-electron chi connectivity index (χ0n) is 19.3. The Morgan fingerprint density at radius 1 is 0.938 bits per heavy atom. The quantitative estimate of drug-likeness (QED) is 0.664. The Labute approximate surface area is 191 Å². The van der Waals surface area contributed by atoms with Gasteiger partial charge in [-0.25, -0.2) is 0 Å². The largest absolute Gasteiger partial charge is 0.356 e. The summed E-state index contributed by atoms with van der Waals surface area (Å²) < 4.78 is 0. The number of fused-ring (bicyclic) bond motifs is 1. The molecule has 2 aliphatic rings. The van der Waals surface area contributed by atoms with Crippen LogP contribution in [0.1, 0.15) is 51.5 Å². The summed E-state index contributed by atoms with van der Waals surface area (Å²) in [5.41, 5.74) is 1.13. The normalized spacial score (nSPS) is 26.8. The second-order valence-corrected chi connectivity index (χ2v) is 9.20. The van der Waals surface area contributed by atoms with Gasteiger partial charge in [0.25, 0.3) is 0 Å². The molecule has 0 aromatic heterocycles. The van der Waals surface area contributed by atoms with Crippen LogP contribution in [0, 0.1) is 23.7 Å². The fourth-order valence-corrected chi connectivity index (χ4v) is 4.71. The molecule has 1 aromatic carbocycles. The van der Waals surface area contributed by atoms with Gasteiger partial charge in [0.2, 0.25) is 17.7 Å². The molecule has 4 unspecified atom stereocenters. The molecule has 0 bridgehead atoms. The van der Waals surface area contributed by atoms with Crippen molar-refractivity contribution < 1.29 is 19.2 Å². The highest BCUT2D eigenvalue weighted by atomic mass is 16.2. The Morgan fingerprint density at radius 2 is 1.66 bits per heavy atom. The third kappa shape index (κ3) is 7.46. The van der Waals surface area contributed by atoms with E-state index in [0.29, 0.717) is 32.4 Å². The molecule has 3 rings (SSSR count). The summed E-state index contributed by atoms with van der Waals surface area (Å²) in [5.74, 6) is 0.236. The summed E-state index contributed by atoms with van der Waals surface area (Å²) in [6.45, 7) is 7.26. The van der Waals surface area contributed by atoms with E-state index in [1.807, 2.05) is 37.1 Å². The highest BCUT2D eigenvalue weighted by Gasteiger charge is 2.35. The maximum Gasteiger partial charge on any atom is 0.242 e. The number of amides is 3. The number of benzene rings is 1. The molecular formula is C25H37N3O4. The van der Waals surface area contributed by atoms with Crippen molar-refractivity contribution in [3.05, 3.63) is 35.9 Å². The molecule has 32 heavy (non-hydrogen) atoms. The van der Waals surface area contributed by atoms with Crippen molar-refractivity contribution >= 4 is 24.5 Å². The van der Waals surface area contributed by atoms with E-state index in [9.17, 15) is 14.4 Å². The Balaban J connectivity index is 0.00000176. The van der Waals surface area contributed by atoms with Gasteiger partial charge in [0.1, 0.15) is 12.8 Å². The molecule has 3 N–H and O–H groups in total. The van der Waals surface area contributed by atoms with Crippen LogP contribution in [-0.2, 0) is 25.6 Å². The fraction of sp³-hybridized carbons (Fsp3) is 0.600. The first kappa shape index (κ1) is 25.6. The summed E-state index contributed by atoms with van der Waals surface area (Å²) in [7, 11) is 0. The van der Waals surface area contributed by atoms with Gasteiger partial charge in [0.15, 0.2) is 0 Å². The van der Waals surface area contributed by atoms with Crippen LogP contribution in [0.15, 0.2) is 30.3 Å². The van der Waals surface area contributed by atoms with Gasteiger partial charge in [0.05, 0.1) is 0 Å². The zero-order valence-corrected chi connectivity index (χ0v) is 19.3. The lowest BCUT2D eigenvalue weighted by atomic mass is 9.85. The smallest absolute Gasteiger partial charge is 0.242 e. The van der Waals surface area contributed by atoms with E-state index in [1.54, 1.807) is 0 Å². The van der Waals surface area contributed by atoms with Crippen molar-refractivity contribution in [1.82, 2.24) is 16.0 Å². The van der Waals surface area contributed by atoms with Crippen LogP contribution in [0.5, 0.6) is 0 Å². The zero-order chi connectivity index (χ0) is 23.5. The van der Waals surface area contributed by atoms with Gasteiger partial charge in [-0.1, -0.05) is 50.6 Å². The first-order valence-corrected chi connectivity index (χ1v) is 11.6. The van der Waals surface area contributed by atoms with Crippen LogP contribution < -0.4 is 16.0 Å². The number of hydrogen-bond acceptors (Lipinski definition) is 4. The van der Waals surface area contributed by atoms with E-state index in [1.165, 1.54) is 0 Å². The van der Waals surface area contributed by atoms with Crippen LogP contribution in [0.25, 0.3) is 0 Å². The summed E-state index contributed by atoms with van der Waals surface area (Å²) in [5, 5.41) is 8.97. The van der Waals surface area contributed by atoms with Gasteiger partial charge < -0.3 is 20.7 Å². The van der Waals surface area contributed by atoms with Crippen molar-refractivity contribution in [2.24, 2.45) is 23.7 Å². The van der Waals surface area contributed by atoms with Gasteiger partial charge >= 0.3 is 0 Å². The number of hydrogen-bond donors (Lipinski definition) is 3. The average molecular weight is 444 g/mol. The predicted molar refractivity (Wildman–Crippen MR) is 124 cm³/mol. The van der Waals surface area contributed by atoms with Gasteiger partial charge in [-0.2, -0.15) is 0 Å². The first-order chi connectivity index (χ1) is 15.4. The lowest BCUT2D eigenvalue weighted by Gasteiger charge is -2.23. The molecule has 1 aromatic rings. The minimum atomic E-state index is -0.537. The Kier molecular flexibility index (Phi) is 10.4.